The van der Waals surface area contributed by atoms with Gasteiger partial charge in [-0.3, -0.25) is 9.36 Å². The molecule has 0 bridgehead atoms. The van der Waals surface area contributed by atoms with Crippen molar-refractivity contribution in [1.82, 2.24) is 19.5 Å². The molecule has 2 aromatic heterocycles. The predicted molar refractivity (Wildman–Crippen MR) is 94.1 cm³/mol. The molecule has 0 aliphatic rings. The molecule has 0 atom stereocenters. The van der Waals surface area contributed by atoms with Gasteiger partial charge in [0.15, 0.2) is 5.16 Å². The first-order valence-corrected chi connectivity index (χ1v) is 8.56. The van der Waals surface area contributed by atoms with Gasteiger partial charge in [-0.2, -0.15) is 0 Å². The van der Waals surface area contributed by atoms with Gasteiger partial charge in [0.05, 0.1) is 5.56 Å². The molecule has 3 rings (SSSR count). The maximum atomic E-state index is 11.2. The zero-order valence-corrected chi connectivity index (χ0v) is 14.0. The van der Waals surface area contributed by atoms with Crippen LogP contribution in [-0.4, -0.2) is 31.2 Å². The molecule has 0 saturated heterocycles. The molecule has 1 aromatic carbocycles. The number of amides is 1. The Hall–Kier alpha value is -2.67. The van der Waals surface area contributed by atoms with Crippen LogP contribution in [0.1, 0.15) is 23.7 Å². The van der Waals surface area contributed by atoms with E-state index in [0.29, 0.717) is 5.56 Å². The summed E-state index contributed by atoms with van der Waals surface area (Å²) < 4.78 is 1.92. The van der Waals surface area contributed by atoms with Crippen LogP contribution in [0.25, 0.3) is 17.1 Å². The summed E-state index contributed by atoms with van der Waals surface area (Å²) in [5.74, 6) is 1.30. The van der Waals surface area contributed by atoms with E-state index < -0.39 is 5.91 Å². The summed E-state index contributed by atoms with van der Waals surface area (Å²) in [5.41, 5.74) is 7.47. The summed E-state index contributed by atoms with van der Waals surface area (Å²) in [7, 11) is 0. The number of nitrogens with two attached hydrogens (primary N) is 1. The molecule has 0 unspecified atom stereocenters. The number of carbonyl (C=O) groups is 1. The van der Waals surface area contributed by atoms with Gasteiger partial charge in [0.1, 0.15) is 5.82 Å². The molecule has 2 heterocycles. The molecule has 3 aromatic rings. The summed E-state index contributed by atoms with van der Waals surface area (Å²) in [6.07, 6.45) is 8.22. The zero-order valence-electron chi connectivity index (χ0n) is 13.2. The molecule has 0 aliphatic carbocycles. The first-order chi connectivity index (χ1) is 11.7. The Labute approximate surface area is 144 Å². The number of imidazole rings is 1. The SMILES string of the molecule is CCCSc1ncc(-c2nccn2-c2ccc(C(N)=O)cc2)cn1. The van der Waals surface area contributed by atoms with E-state index in [1.807, 2.05) is 22.9 Å². The second kappa shape index (κ2) is 7.27. The highest BCUT2D eigenvalue weighted by Gasteiger charge is 2.10. The first-order valence-electron chi connectivity index (χ1n) is 7.58. The van der Waals surface area contributed by atoms with Gasteiger partial charge in [-0.05, 0) is 30.7 Å². The predicted octanol–water partition coefficient (Wildman–Crippen LogP) is 2.93. The standard InChI is InChI=1S/C17H17N5OS/c1-2-9-24-17-20-10-13(11-21-17)16-19-7-8-22(16)14-5-3-12(4-6-14)15(18)23/h3-8,10-11H,2,9H2,1H3,(H2,18,23). The fourth-order valence-corrected chi connectivity index (χ4v) is 2.85. The van der Waals surface area contributed by atoms with Gasteiger partial charge in [-0.25, -0.2) is 15.0 Å². The van der Waals surface area contributed by atoms with Gasteiger partial charge in [0.2, 0.25) is 5.91 Å². The van der Waals surface area contributed by atoms with E-state index in [1.165, 1.54) is 0 Å². The van der Waals surface area contributed by atoms with E-state index >= 15 is 0 Å². The second-order valence-electron chi connectivity index (χ2n) is 5.13. The number of benzene rings is 1. The van der Waals surface area contributed by atoms with E-state index in [9.17, 15) is 4.79 Å². The third-order valence-corrected chi connectivity index (χ3v) is 4.47. The summed E-state index contributed by atoms with van der Waals surface area (Å²) >= 11 is 1.64. The van der Waals surface area contributed by atoms with E-state index in [0.717, 1.165) is 34.4 Å². The second-order valence-corrected chi connectivity index (χ2v) is 6.20. The Balaban J connectivity index is 1.88. The zero-order chi connectivity index (χ0) is 16.9. The number of rotatable bonds is 6. The highest BCUT2D eigenvalue weighted by atomic mass is 32.2. The van der Waals surface area contributed by atoms with Gasteiger partial charge in [-0.1, -0.05) is 18.7 Å². The van der Waals surface area contributed by atoms with Crippen molar-refractivity contribution < 1.29 is 4.79 Å². The van der Waals surface area contributed by atoms with Crippen molar-refractivity contribution in [3.05, 3.63) is 54.6 Å². The molecule has 0 radical (unpaired) electrons. The molecule has 24 heavy (non-hydrogen) atoms. The minimum atomic E-state index is -0.444. The molecule has 122 valence electrons. The number of hydrogen-bond donors (Lipinski definition) is 1. The molecule has 0 spiro atoms. The minimum Gasteiger partial charge on any atom is -0.366 e. The average molecular weight is 339 g/mol. The smallest absolute Gasteiger partial charge is 0.248 e. The molecule has 0 fully saturated rings. The molecular weight excluding hydrogens is 322 g/mol. The van der Waals surface area contributed by atoms with Crippen molar-refractivity contribution in [2.45, 2.75) is 18.5 Å². The van der Waals surface area contributed by atoms with E-state index in [4.69, 9.17) is 5.73 Å². The van der Waals surface area contributed by atoms with Gasteiger partial charge < -0.3 is 5.73 Å². The summed E-state index contributed by atoms with van der Waals surface area (Å²) in [6, 6.07) is 7.06. The Morgan fingerprint density at radius 2 is 1.88 bits per heavy atom. The molecule has 0 aliphatic heterocycles. The van der Waals surface area contributed by atoms with Crippen molar-refractivity contribution in [1.29, 1.82) is 0 Å². The van der Waals surface area contributed by atoms with Gasteiger partial charge >= 0.3 is 0 Å². The Kier molecular flexibility index (Phi) is 4.90. The van der Waals surface area contributed by atoms with E-state index in [-0.39, 0.29) is 0 Å². The fraction of sp³-hybridized carbons (Fsp3) is 0.176. The van der Waals surface area contributed by atoms with Crippen LogP contribution in [0, 0.1) is 0 Å². The van der Waals surface area contributed by atoms with Crippen LogP contribution < -0.4 is 5.73 Å². The number of primary amides is 1. The van der Waals surface area contributed by atoms with Crippen LogP contribution in [0.2, 0.25) is 0 Å². The van der Waals surface area contributed by atoms with Crippen LogP contribution in [0.5, 0.6) is 0 Å². The van der Waals surface area contributed by atoms with Crippen molar-refractivity contribution in [2.75, 3.05) is 5.75 Å². The molecule has 1 amide bonds. The number of carbonyl (C=O) groups excluding carboxylic acids is 1. The molecular formula is C17H17N5OS. The fourth-order valence-electron chi connectivity index (χ4n) is 2.21. The third kappa shape index (κ3) is 3.46. The maximum Gasteiger partial charge on any atom is 0.248 e. The maximum absolute atomic E-state index is 11.2. The van der Waals surface area contributed by atoms with Crippen LogP contribution in [0.3, 0.4) is 0 Å². The van der Waals surface area contributed by atoms with Gasteiger partial charge in [0, 0.05) is 41.8 Å². The minimum absolute atomic E-state index is 0.444. The van der Waals surface area contributed by atoms with Crippen LogP contribution >= 0.6 is 11.8 Å². The summed E-state index contributed by atoms with van der Waals surface area (Å²) in [5, 5.41) is 0.768. The Morgan fingerprint density at radius 1 is 1.17 bits per heavy atom. The third-order valence-electron chi connectivity index (χ3n) is 3.39. The lowest BCUT2D eigenvalue weighted by Crippen LogP contribution is -2.10. The lowest BCUT2D eigenvalue weighted by atomic mass is 10.2. The molecule has 6 nitrogen and oxygen atoms in total. The Bertz CT molecular complexity index is 827. The summed E-state index contributed by atoms with van der Waals surface area (Å²) in [4.78, 5) is 24.3. The number of hydrogen-bond acceptors (Lipinski definition) is 5. The van der Waals surface area contributed by atoms with Crippen molar-refractivity contribution in [2.24, 2.45) is 5.73 Å². The average Bonchev–Trinajstić information content (AvgIpc) is 3.10. The molecule has 0 saturated carbocycles. The Morgan fingerprint density at radius 3 is 2.50 bits per heavy atom. The number of nitrogens with zero attached hydrogens (tertiary/aromatic N) is 4. The lowest BCUT2D eigenvalue weighted by molar-refractivity contribution is 0.100. The number of aromatic nitrogens is 4. The van der Waals surface area contributed by atoms with E-state index in [1.54, 1.807) is 42.5 Å². The highest BCUT2D eigenvalue weighted by Crippen LogP contribution is 2.22. The van der Waals surface area contributed by atoms with Crippen LogP contribution in [-0.2, 0) is 0 Å². The first kappa shape index (κ1) is 16.2. The van der Waals surface area contributed by atoms with Gasteiger partial charge in [0.25, 0.3) is 0 Å². The van der Waals surface area contributed by atoms with Crippen molar-refractivity contribution >= 4 is 17.7 Å². The van der Waals surface area contributed by atoms with Gasteiger partial charge in [-0.15, -0.1) is 0 Å². The quantitative estimate of drug-likeness (QED) is 0.551. The van der Waals surface area contributed by atoms with Crippen LogP contribution in [0.15, 0.2) is 54.2 Å². The van der Waals surface area contributed by atoms with Crippen LogP contribution in [0.4, 0.5) is 0 Å². The molecule has 7 heteroatoms. The number of thioether (sulfide) groups is 1. The topological polar surface area (TPSA) is 86.7 Å². The largest absolute Gasteiger partial charge is 0.366 e. The molecule has 2 N–H and O–H groups in total. The normalized spacial score (nSPS) is 10.7. The van der Waals surface area contributed by atoms with E-state index in [2.05, 4.69) is 21.9 Å². The lowest BCUT2D eigenvalue weighted by Gasteiger charge is -2.08. The van der Waals surface area contributed by atoms with Crippen molar-refractivity contribution in [3.63, 3.8) is 0 Å². The summed E-state index contributed by atoms with van der Waals surface area (Å²) in [6.45, 7) is 2.13. The van der Waals surface area contributed by atoms with Crippen molar-refractivity contribution in [3.8, 4) is 17.1 Å². The highest BCUT2D eigenvalue weighted by molar-refractivity contribution is 7.99. The monoisotopic (exact) mass is 339 g/mol.